The number of nitrogens with zero attached hydrogens (tertiary/aromatic N) is 1. The van der Waals surface area contributed by atoms with Crippen molar-refractivity contribution in [2.45, 2.75) is 19.4 Å². The maximum absolute atomic E-state index is 12.0. The summed E-state index contributed by atoms with van der Waals surface area (Å²) in [5, 5.41) is 13.1. The zero-order chi connectivity index (χ0) is 16.1. The second-order valence-electron chi connectivity index (χ2n) is 5.37. The molecule has 2 N–H and O–H groups in total. The number of rotatable bonds is 5. The van der Waals surface area contributed by atoms with Crippen LogP contribution in [0.25, 0.3) is 0 Å². The quantitative estimate of drug-likeness (QED) is 0.806. The maximum atomic E-state index is 12.0. The lowest BCUT2D eigenvalue weighted by molar-refractivity contribution is 0.129. The number of ether oxygens (including phenoxy) is 1. The van der Waals surface area contributed by atoms with E-state index < -0.39 is 0 Å². The number of hydrogen-bond acceptors (Lipinski definition) is 3. The molecular formula is C15H20Cl2N2O3. The van der Waals surface area contributed by atoms with Crippen molar-refractivity contribution in [1.29, 1.82) is 0 Å². The number of aliphatic hydroxyl groups excluding tert-OH is 1. The minimum atomic E-state index is -0.383. The minimum absolute atomic E-state index is 0.135. The maximum Gasteiger partial charge on any atom is 0.317 e. The van der Waals surface area contributed by atoms with Crippen LogP contribution in [0.1, 0.15) is 13.3 Å². The van der Waals surface area contributed by atoms with Gasteiger partial charge >= 0.3 is 6.03 Å². The Morgan fingerprint density at radius 3 is 3.00 bits per heavy atom. The van der Waals surface area contributed by atoms with E-state index in [0.717, 1.165) is 6.42 Å². The van der Waals surface area contributed by atoms with Crippen LogP contribution in [-0.4, -0.2) is 48.4 Å². The molecule has 1 aliphatic rings. The Labute approximate surface area is 140 Å². The Hall–Kier alpha value is -1.17. The predicted molar refractivity (Wildman–Crippen MR) is 86.7 cm³/mol. The molecule has 0 spiro atoms. The number of hydrogen-bond donors (Lipinski definition) is 2. The molecule has 22 heavy (non-hydrogen) atoms. The zero-order valence-corrected chi connectivity index (χ0v) is 13.9. The van der Waals surface area contributed by atoms with E-state index in [9.17, 15) is 9.90 Å². The number of nitrogens with one attached hydrogen (secondary N) is 1. The summed E-state index contributed by atoms with van der Waals surface area (Å²) in [4.78, 5) is 13.7. The molecule has 0 radical (unpaired) electrons. The van der Waals surface area contributed by atoms with Crippen LogP contribution in [0.5, 0.6) is 5.75 Å². The van der Waals surface area contributed by atoms with Gasteiger partial charge in [0.15, 0.2) is 0 Å². The summed E-state index contributed by atoms with van der Waals surface area (Å²) >= 11 is 11.9. The first-order chi connectivity index (χ1) is 10.5. The third-order valence-corrected chi connectivity index (χ3v) is 4.55. The molecule has 1 aromatic carbocycles. The first kappa shape index (κ1) is 17.2. The highest BCUT2D eigenvalue weighted by molar-refractivity contribution is 6.42. The zero-order valence-electron chi connectivity index (χ0n) is 12.4. The Kier molecular flexibility index (Phi) is 6.17. The van der Waals surface area contributed by atoms with Gasteiger partial charge in [0.05, 0.1) is 17.7 Å². The molecular weight excluding hydrogens is 327 g/mol. The van der Waals surface area contributed by atoms with Crippen molar-refractivity contribution in [2.75, 3.05) is 26.2 Å². The smallest absolute Gasteiger partial charge is 0.317 e. The lowest BCUT2D eigenvalue weighted by Gasteiger charge is -2.18. The summed E-state index contributed by atoms with van der Waals surface area (Å²) in [5.41, 5.74) is 0. The summed E-state index contributed by atoms with van der Waals surface area (Å²) in [6.07, 6.45) is 0.450. The van der Waals surface area contributed by atoms with Crippen molar-refractivity contribution in [2.24, 2.45) is 5.92 Å². The highest BCUT2D eigenvalue weighted by atomic mass is 35.5. The van der Waals surface area contributed by atoms with Gasteiger partial charge in [0, 0.05) is 19.0 Å². The van der Waals surface area contributed by atoms with E-state index in [2.05, 4.69) is 5.32 Å². The van der Waals surface area contributed by atoms with Crippen molar-refractivity contribution in [3.8, 4) is 5.75 Å². The topological polar surface area (TPSA) is 61.8 Å². The van der Waals surface area contributed by atoms with E-state index in [1.54, 1.807) is 30.0 Å². The molecule has 0 unspecified atom stereocenters. The van der Waals surface area contributed by atoms with Gasteiger partial charge in [-0.25, -0.2) is 4.79 Å². The van der Waals surface area contributed by atoms with E-state index in [1.165, 1.54) is 0 Å². The van der Waals surface area contributed by atoms with Crippen LogP contribution < -0.4 is 10.1 Å². The summed E-state index contributed by atoms with van der Waals surface area (Å²) < 4.78 is 5.50. The van der Waals surface area contributed by atoms with Gasteiger partial charge in [0.2, 0.25) is 0 Å². The molecule has 1 heterocycles. The second kappa shape index (κ2) is 7.90. The number of halogens is 2. The minimum Gasteiger partial charge on any atom is -0.490 e. The van der Waals surface area contributed by atoms with Crippen LogP contribution in [0, 0.1) is 5.92 Å². The van der Waals surface area contributed by atoms with Crippen LogP contribution in [0.2, 0.25) is 10.0 Å². The number of amides is 2. The first-order valence-corrected chi connectivity index (χ1v) is 8.02. The second-order valence-corrected chi connectivity index (χ2v) is 6.15. The van der Waals surface area contributed by atoms with Crippen LogP contribution >= 0.6 is 23.2 Å². The summed E-state index contributed by atoms with van der Waals surface area (Å²) in [7, 11) is 0. The predicted octanol–water partition coefficient (Wildman–Crippen LogP) is 2.78. The highest BCUT2D eigenvalue weighted by Gasteiger charge is 2.28. The van der Waals surface area contributed by atoms with E-state index in [1.807, 2.05) is 0 Å². The molecule has 2 atom stereocenters. The fourth-order valence-electron chi connectivity index (χ4n) is 2.39. The van der Waals surface area contributed by atoms with Gasteiger partial charge in [-0.2, -0.15) is 0 Å². The molecule has 7 heteroatoms. The summed E-state index contributed by atoms with van der Waals surface area (Å²) in [6.45, 7) is 3.69. The molecule has 0 bridgehead atoms. The van der Waals surface area contributed by atoms with E-state index in [4.69, 9.17) is 27.9 Å². The third-order valence-electron chi connectivity index (χ3n) is 3.75. The largest absolute Gasteiger partial charge is 0.490 e. The van der Waals surface area contributed by atoms with Crippen molar-refractivity contribution in [1.82, 2.24) is 10.2 Å². The Balaban J connectivity index is 1.71. The molecule has 122 valence electrons. The van der Waals surface area contributed by atoms with Gasteiger partial charge in [0.25, 0.3) is 0 Å². The molecule has 1 fully saturated rings. The Morgan fingerprint density at radius 1 is 1.55 bits per heavy atom. The number of likely N-dealkylation sites (tertiary alicyclic amines) is 1. The van der Waals surface area contributed by atoms with Gasteiger partial charge in [-0.05, 0) is 25.5 Å². The van der Waals surface area contributed by atoms with E-state index in [0.29, 0.717) is 42.0 Å². The third kappa shape index (κ3) is 4.41. The normalized spacial score (nSPS) is 19.1. The van der Waals surface area contributed by atoms with Gasteiger partial charge in [-0.3, -0.25) is 0 Å². The number of benzene rings is 1. The van der Waals surface area contributed by atoms with E-state index in [-0.39, 0.29) is 18.1 Å². The van der Waals surface area contributed by atoms with Crippen molar-refractivity contribution < 1.29 is 14.6 Å². The first-order valence-electron chi connectivity index (χ1n) is 7.26. The summed E-state index contributed by atoms with van der Waals surface area (Å²) in [6, 6.07) is 5.03. The molecule has 0 aliphatic carbocycles. The molecule has 2 amide bonds. The van der Waals surface area contributed by atoms with E-state index >= 15 is 0 Å². The molecule has 1 aliphatic heterocycles. The average Bonchev–Trinajstić information content (AvgIpc) is 2.97. The van der Waals surface area contributed by atoms with Gasteiger partial charge in [-0.1, -0.05) is 29.3 Å². The fourth-order valence-corrected chi connectivity index (χ4v) is 2.74. The number of urea groups is 1. The van der Waals surface area contributed by atoms with Crippen molar-refractivity contribution >= 4 is 29.2 Å². The van der Waals surface area contributed by atoms with Crippen molar-refractivity contribution in [3.63, 3.8) is 0 Å². The molecule has 5 nitrogen and oxygen atoms in total. The lowest BCUT2D eigenvalue weighted by atomic mass is 10.0. The van der Waals surface area contributed by atoms with Crippen LogP contribution in [0.15, 0.2) is 18.2 Å². The van der Waals surface area contributed by atoms with Gasteiger partial charge in [0.1, 0.15) is 17.4 Å². The number of carbonyl (C=O) groups excluding carboxylic acids is 1. The van der Waals surface area contributed by atoms with Crippen LogP contribution in [-0.2, 0) is 0 Å². The fraction of sp³-hybridized carbons (Fsp3) is 0.533. The van der Waals surface area contributed by atoms with Gasteiger partial charge < -0.3 is 20.1 Å². The van der Waals surface area contributed by atoms with Gasteiger partial charge in [-0.15, -0.1) is 0 Å². The number of carbonyl (C=O) groups is 1. The van der Waals surface area contributed by atoms with Crippen molar-refractivity contribution in [3.05, 3.63) is 28.2 Å². The Bertz CT molecular complexity index is 526. The lowest BCUT2D eigenvalue weighted by Crippen LogP contribution is -2.40. The molecule has 0 aromatic heterocycles. The Morgan fingerprint density at radius 2 is 2.32 bits per heavy atom. The molecule has 1 aromatic rings. The SMILES string of the molecule is C[C@@H](O)[C@H]1CCN(C(=O)NCCOc2cccc(Cl)c2Cl)C1. The standard InChI is InChI=1S/C15H20Cl2N2O3/c1-10(20)11-5-7-19(9-11)15(21)18-6-8-22-13-4-2-3-12(16)14(13)17/h2-4,10-11,20H,5-9H2,1H3,(H,18,21)/t10-,11+/m1/s1. The summed E-state index contributed by atoms with van der Waals surface area (Å²) in [5.74, 6) is 0.658. The molecule has 0 saturated carbocycles. The molecule has 1 saturated heterocycles. The molecule has 2 rings (SSSR count). The average molecular weight is 347 g/mol. The van der Waals surface area contributed by atoms with Crippen LogP contribution in [0.4, 0.5) is 4.79 Å². The highest BCUT2D eigenvalue weighted by Crippen LogP contribution is 2.31. The number of aliphatic hydroxyl groups is 1. The monoisotopic (exact) mass is 346 g/mol. The van der Waals surface area contributed by atoms with Crippen LogP contribution in [0.3, 0.4) is 0 Å².